The van der Waals surface area contributed by atoms with Crippen molar-refractivity contribution in [1.82, 2.24) is 10.1 Å². The van der Waals surface area contributed by atoms with Crippen molar-refractivity contribution >= 4 is 39.2 Å². The molecule has 246 valence electrons. The third-order valence-corrected chi connectivity index (χ3v) is 10.1. The molecule has 0 saturated heterocycles. The number of carbonyl (C=O) groups is 2. The summed E-state index contributed by atoms with van der Waals surface area (Å²) >= 11 is 0. The molecule has 1 fully saturated rings. The van der Waals surface area contributed by atoms with Gasteiger partial charge >= 0.3 is 0 Å². The first-order chi connectivity index (χ1) is 21.7. The second-order valence-electron chi connectivity index (χ2n) is 13.7. The third-order valence-electron chi connectivity index (χ3n) is 8.73. The van der Waals surface area contributed by atoms with Gasteiger partial charge in [-0.2, -0.15) is 0 Å². The number of amidine groups is 1. The summed E-state index contributed by atoms with van der Waals surface area (Å²) < 4.78 is 35.2. The first-order valence-electron chi connectivity index (χ1n) is 16.1. The Labute approximate surface area is 272 Å². The third kappa shape index (κ3) is 7.04. The first-order valence-corrected chi connectivity index (χ1v) is 17.6. The second kappa shape index (κ2) is 13.0. The molecule has 10 nitrogen and oxygen atoms in total. The Hall–Kier alpha value is -3.99. The fourth-order valence-electron chi connectivity index (χ4n) is 6.20. The number of aryl methyl sites for hydroxylation is 1. The zero-order valence-electron chi connectivity index (χ0n) is 27.7. The number of hydrogen-bond acceptors (Lipinski definition) is 7. The number of unbranched alkanes of at least 4 members (excludes halogenated alkanes) is 1. The van der Waals surface area contributed by atoms with Crippen LogP contribution in [-0.4, -0.2) is 41.7 Å². The Kier molecular flexibility index (Phi) is 9.45. The first kappa shape index (κ1) is 33.4. The van der Waals surface area contributed by atoms with Gasteiger partial charge in [-0.05, 0) is 56.2 Å². The molecule has 2 heterocycles. The minimum atomic E-state index is -4.09. The van der Waals surface area contributed by atoms with Crippen molar-refractivity contribution in [2.24, 2.45) is 10.4 Å². The lowest BCUT2D eigenvalue weighted by molar-refractivity contribution is -0.131. The summed E-state index contributed by atoms with van der Waals surface area (Å²) in [4.78, 5) is 33.9. The van der Waals surface area contributed by atoms with Crippen LogP contribution >= 0.6 is 0 Å². The number of hydrogen-bond donors (Lipinski definition) is 2. The van der Waals surface area contributed by atoms with Gasteiger partial charge in [-0.15, -0.1) is 0 Å². The number of sulfonamides is 1. The van der Waals surface area contributed by atoms with Gasteiger partial charge in [0.15, 0.2) is 5.82 Å². The Morgan fingerprint density at radius 2 is 1.78 bits per heavy atom. The average Bonchev–Trinajstić information content (AvgIpc) is 3.66. The largest absolute Gasteiger partial charge is 0.359 e. The molecule has 2 aliphatic rings. The Morgan fingerprint density at radius 1 is 1.07 bits per heavy atom. The lowest BCUT2D eigenvalue weighted by Crippen LogP contribution is -2.40. The zero-order chi connectivity index (χ0) is 33.3. The van der Waals surface area contributed by atoms with Crippen LogP contribution in [0.3, 0.4) is 0 Å². The number of nitrogens with one attached hydrogen (secondary N) is 2. The van der Waals surface area contributed by atoms with Crippen LogP contribution in [0.2, 0.25) is 0 Å². The molecule has 11 heteroatoms. The molecule has 2 aromatic carbocycles. The number of carbonyl (C=O) groups excluding carboxylic acids is 2. The van der Waals surface area contributed by atoms with Gasteiger partial charge in [0, 0.05) is 35.2 Å². The molecule has 0 atom stereocenters. The molecular formula is C35H45N5O5S. The average molecular weight is 648 g/mol. The maximum Gasteiger partial charge on any atom is 0.263 e. The molecule has 46 heavy (non-hydrogen) atoms. The van der Waals surface area contributed by atoms with Gasteiger partial charge in [-0.25, -0.2) is 8.42 Å². The maximum atomic E-state index is 13.8. The van der Waals surface area contributed by atoms with Gasteiger partial charge in [-0.1, -0.05) is 82.4 Å². The lowest BCUT2D eigenvalue weighted by atomic mass is 9.91. The number of anilines is 2. The molecule has 1 saturated carbocycles. The molecule has 1 aliphatic heterocycles. The molecule has 0 radical (unpaired) electrons. The quantitative estimate of drug-likeness (QED) is 0.223. The smallest absolute Gasteiger partial charge is 0.263 e. The summed E-state index contributed by atoms with van der Waals surface area (Å²) in [5, 5.41) is 6.93. The molecule has 2 N–H and O–H groups in total. The van der Waals surface area contributed by atoms with E-state index in [1.807, 2.05) is 43.9 Å². The summed E-state index contributed by atoms with van der Waals surface area (Å²) in [6.45, 7) is 11.8. The van der Waals surface area contributed by atoms with E-state index in [0.717, 1.165) is 56.3 Å². The summed E-state index contributed by atoms with van der Waals surface area (Å²) in [5.41, 5.74) is 1.93. The van der Waals surface area contributed by atoms with Gasteiger partial charge in [0.25, 0.3) is 15.9 Å². The molecule has 3 aromatic rings. The van der Waals surface area contributed by atoms with Gasteiger partial charge in [0.1, 0.15) is 17.1 Å². The Balaban J connectivity index is 1.53. The van der Waals surface area contributed by atoms with Crippen LogP contribution in [0.1, 0.15) is 95.9 Å². The summed E-state index contributed by atoms with van der Waals surface area (Å²) in [6, 6.07) is 12.2. The fourth-order valence-corrected chi connectivity index (χ4v) is 7.48. The lowest BCUT2D eigenvalue weighted by Gasteiger charge is -2.24. The van der Waals surface area contributed by atoms with Crippen LogP contribution in [0.15, 0.2) is 56.9 Å². The van der Waals surface area contributed by atoms with Crippen LogP contribution in [0, 0.1) is 19.3 Å². The van der Waals surface area contributed by atoms with E-state index in [2.05, 4.69) is 22.1 Å². The fraction of sp³-hybridized carbons (Fsp3) is 0.486. The highest BCUT2D eigenvalue weighted by Crippen LogP contribution is 2.41. The van der Waals surface area contributed by atoms with Crippen LogP contribution in [0.4, 0.5) is 11.5 Å². The summed E-state index contributed by atoms with van der Waals surface area (Å²) in [6.07, 6.45) is 6.49. The van der Waals surface area contributed by atoms with Gasteiger partial charge in [0.2, 0.25) is 5.91 Å². The van der Waals surface area contributed by atoms with Crippen LogP contribution in [0.5, 0.6) is 0 Å². The molecule has 2 amide bonds. The van der Waals surface area contributed by atoms with E-state index < -0.39 is 15.6 Å². The number of aliphatic imine (C=N–C) groups is 1. The highest BCUT2D eigenvalue weighted by molar-refractivity contribution is 7.92. The monoisotopic (exact) mass is 647 g/mol. The van der Waals surface area contributed by atoms with Crippen LogP contribution in [0.25, 0.3) is 11.1 Å². The van der Waals surface area contributed by atoms with E-state index in [9.17, 15) is 18.0 Å². The molecule has 1 aromatic heterocycles. The van der Waals surface area contributed by atoms with E-state index in [1.165, 1.54) is 6.07 Å². The van der Waals surface area contributed by atoms with E-state index >= 15 is 0 Å². The van der Waals surface area contributed by atoms with E-state index in [0.29, 0.717) is 34.7 Å². The molecular weight excluding hydrogens is 602 g/mol. The van der Waals surface area contributed by atoms with Gasteiger partial charge in [-0.3, -0.25) is 24.2 Å². The van der Waals surface area contributed by atoms with Crippen molar-refractivity contribution in [3.63, 3.8) is 0 Å². The number of nitrogens with zero attached hydrogens (tertiary/aromatic N) is 3. The number of amides is 2. The molecule has 5 rings (SSSR count). The summed E-state index contributed by atoms with van der Waals surface area (Å²) in [5.74, 6) is 1.34. The zero-order valence-corrected chi connectivity index (χ0v) is 28.5. The standard InChI is InChI=1S/C35H45N5O5S/c1-7-8-15-30-37-35(18-11-12-19-35)33(42)40(30)22-25-16-17-26(28(20-25)36-31(41)21-34(4,5)6)27-13-9-10-14-29(27)46(43,44)39-32-23(2)24(3)45-38-32/h9-10,13-14,16-17,20H,7-8,11-12,15,18-19,21-22H2,1-6H3,(H,36,41)(H,38,39). The van der Waals surface area contributed by atoms with Crippen molar-refractivity contribution in [3.05, 3.63) is 59.4 Å². The predicted molar refractivity (Wildman–Crippen MR) is 180 cm³/mol. The highest BCUT2D eigenvalue weighted by Gasteiger charge is 2.49. The minimum Gasteiger partial charge on any atom is -0.359 e. The minimum absolute atomic E-state index is 0.0287. The Bertz CT molecular complexity index is 1760. The van der Waals surface area contributed by atoms with Crippen molar-refractivity contribution < 1.29 is 22.5 Å². The second-order valence-corrected chi connectivity index (χ2v) is 15.4. The maximum absolute atomic E-state index is 13.8. The number of benzene rings is 2. The van der Waals surface area contributed by atoms with Gasteiger partial charge < -0.3 is 9.84 Å². The van der Waals surface area contributed by atoms with Crippen molar-refractivity contribution in [1.29, 1.82) is 0 Å². The van der Waals surface area contributed by atoms with E-state index in [-0.39, 0.29) is 34.4 Å². The van der Waals surface area contributed by atoms with Crippen molar-refractivity contribution in [2.45, 2.75) is 110 Å². The Morgan fingerprint density at radius 3 is 2.43 bits per heavy atom. The normalized spacial score (nSPS) is 16.3. The van der Waals surface area contributed by atoms with Crippen LogP contribution < -0.4 is 10.0 Å². The molecule has 1 aliphatic carbocycles. The van der Waals surface area contributed by atoms with Crippen LogP contribution in [-0.2, 0) is 26.2 Å². The number of aromatic nitrogens is 1. The molecule has 1 spiro atoms. The van der Waals surface area contributed by atoms with Crippen molar-refractivity contribution in [3.8, 4) is 11.1 Å². The predicted octanol–water partition coefficient (Wildman–Crippen LogP) is 7.38. The highest BCUT2D eigenvalue weighted by atomic mass is 32.2. The summed E-state index contributed by atoms with van der Waals surface area (Å²) in [7, 11) is -4.09. The van der Waals surface area contributed by atoms with Gasteiger partial charge in [0.05, 0.1) is 11.4 Å². The number of rotatable bonds is 11. The van der Waals surface area contributed by atoms with Crippen molar-refractivity contribution in [2.75, 3.05) is 10.0 Å². The molecule has 0 unspecified atom stereocenters. The van der Waals surface area contributed by atoms with E-state index in [4.69, 9.17) is 9.52 Å². The topological polar surface area (TPSA) is 134 Å². The SMILES string of the molecule is CCCCC1=NC2(CCCC2)C(=O)N1Cc1ccc(-c2ccccc2S(=O)(=O)Nc2noc(C)c2C)c(NC(=O)CC(C)(C)C)c1. The van der Waals surface area contributed by atoms with E-state index in [1.54, 1.807) is 32.0 Å². The molecule has 0 bridgehead atoms.